The second kappa shape index (κ2) is 16.7. The Balaban J connectivity index is 0.000000219. The summed E-state index contributed by atoms with van der Waals surface area (Å²) in [6, 6.07) is 51.6. The van der Waals surface area contributed by atoms with Gasteiger partial charge in [0.25, 0.3) is 0 Å². The molecule has 8 aromatic rings. The maximum Gasteiger partial charge on any atom is 0.0799 e. The predicted molar refractivity (Wildman–Crippen MR) is 237 cm³/mol. The van der Waals surface area contributed by atoms with E-state index in [0.717, 1.165) is 22.5 Å². The summed E-state index contributed by atoms with van der Waals surface area (Å²) in [5.74, 6) is 0.534. The van der Waals surface area contributed by atoms with E-state index in [9.17, 15) is 0 Å². The van der Waals surface area contributed by atoms with E-state index in [1.165, 1.54) is 58.7 Å². The molecule has 0 amide bonds. The number of benzene rings is 5. The van der Waals surface area contributed by atoms with Gasteiger partial charge in [0, 0.05) is 37.2 Å². The second-order valence-corrected chi connectivity index (χ2v) is 22.4. The van der Waals surface area contributed by atoms with Crippen LogP contribution in [0.3, 0.4) is 0 Å². The first-order valence-electron chi connectivity index (χ1n) is 18.8. The van der Waals surface area contributed by atoms with Crippen LogP contribution in [0.25, 0.3) is 64.9 Å². The monoisotopic (exact) mass is 929 g/mol. The minimum absolute atomic E-state index is 0. The van der Waals surface area contributed by atoms with Crippen LogP contribution in [-0.4, -0.2) is 18.0 Å². The Labute approximate surface area is 346 Å². The number of thiophene rings is 1. The molecule has 3 aromatic heterocycles. The normalized spacial score (nSPS) is 11.7. The fourth-order valence-electron chi connectivity index (χ4n) is 6.95. The Morgan fingerprint density at radius 3 is 1.96 bits per heavy atom. The van der Waals surface area contributed by atoms with Gasteiger partial charge >= 0.3 is 0 Å². The average Bonchev–Trinajstić information content (AvgIpc) is 3.57. The van der Waals surface area contributed by atoms with Gasteiger partial charge in [-0.2, -0.15) is 11.3 Å². The standard InChI is InChI=1S/C33H26NS.C17H22NSi.Ir/c1-33(2,3)25-20-28(23-13-8-5-9-14-23)32-29(21-25)26-15-10-16-27(31(26)35-32)30-19-24(17-18-34-30)22-11-6-4-7-12-22;1-13(2)15-11-16(14-9-7-6-8-10-14)18-12-17(15)19(3,4)5;/h4-15,17-21H,1-3H3;6-9,11-13H,1-5H3;/q2*-1;. The maximum atomic E-state index is 4.77. The van der Waals surface area contributed by atoms with Crippen LogP contribution >= 0.6 is 11.3 Å². The third kappa shape index (κ3) is 8.82. The van der Waals surface area contributed by atoms with E-state index >= 15 is 0 Å². The zero-order valence-corrected chi connectivity index (χ0v) is 37.2. The molecule has 55 heavy (non-hydrogen) atoms. The van der Waals surface area contributed by atoms with Crippen LogP contribution < -0.4 is 5.19 Å². The van der Waals surface area contributed by atoms with E-state index in [0.29, 0.717) is 5.92 Å². The zero-order valence-electron chi connectivity index (χ0n) is 33.0. The molecule has 5 heteroatoms. The first-order valence-corrected chi connectivity index (χ1v) is 23.2. The van der Waals surface area contributed by atoms with Crippen LogP contribution in [0, 0.1) is 12.1 Å². The average molecular weight is 929 g/mol. The predicted octanol–water partition coefficient (Wildman–Crippen LogP) is 13.8. The van der Waals surface area contributed by atoms with E-state index in [4.69, 9.17) is 4.98 Å². The molecule has 0 unspecified atom stereocenters. The van der Waals surface area contributed by atoms with E-state index in [1.54, 1.807) is 0 Å². The minimum atomic E-state index is -1.34. The van der Waals surface area contributed by atoms with Crippen molar-refractivity contribution < 1.29 is 20.1 Å². The summed E-state index contributed by atoms with van der Waals surface area (Å²) in [5.41, 5.74) is 11.9. The van der Waals surface area contributed by atoms with Crippen molar-refractivity contribution in [3.63, 3.8) is 0 Å². The smallest absolute Gasteiger partial charge is 0.0799 e. The maximum absolute atomic E-state index is 4.77. The van der Waals surface area contributed by atoms with Gasteiger partial charge in [-0.15, -0.1) is 59.7 Å². The molecule has 5 aromatic carbocycles. The number of aromatic nitrogens is 2. The number of hydrogen-bond donors (Lipinski definition) is 0. The summed E-state index contributed by atoms with van der Waals surface area (Å²) < 4.78 is 2.56. The van der Waals surface area contributed by atoms with Gasteiger partial charge in [0.1, 0.15) is 0 Å². The zero-order chi connectivity index (χ0) is 38.0. The Kier molecular flexibility index (Phi) is 12.2. The Morgan fingerprint density at radius 1 is 0.636 bits per heavy atom. The third-order valence-corrected chi connectivity index (χ3v) is 13.3. The van der Waals surface area contributed by atoms with Crippen molar-refractivity contribution in [2.45, 2.75) is 65.6 Å². The molecule has 0 aliphatic heterocycles. The molecule has 0 N–H and O–H groups in total. The Morgan fingerprint density at radius 2 is 1.33 bits per heavy atom. The van der Waals surface area contributed by atoms with E-state index in [2.05, 4.69) is 175 Å². The van der Waals surface area contributed by atoms with Gasteiger partial charge in [-0.3, -0.25) is 0 Å². The van der Waals surface area contributed by atoms with Crippen LogP contribution in [0.15, 0.2) is 140 Å². The number of nitrogens with zero attached hydrogens (tertiary/aromatic N) is 2. The molecular formula is C50H48IrN2SSi-2. The topological polar surface area (TPSA) is 25.8 Å². The van der Waals surface area contributed by atoms with Crippen molar-refractivity contribution in [2.24, 2.45) is 0 Å². The Bertz CT molecular complexity index is 2530. The number of hydrogen-bond acceptors (Lipinski definition) is 3. The second-order valence-electron chi connectivity index (χ2n) is 16.3. The molecule has 3 heterocycles. The fourth-order valence-corrected chi connectivity index (χ4v) is 9.95. The summed E-state index contributed by atoms with van der Waals surface area (Å²) in [6.45, 7) is 18.5. The van der Waals surface area contributed by atoms with Crippen molar-refractivity contribution in [1.29, 1.82) is 0 Å². The van der Waals surface area contributed by atoms with Gasteiger partial charge < -0.3 is 9.97 Å². The van der Waals surface area contributed by atoms with Gasteiger partial charge in [-0.05, 0) is 77.9 Å². The van der Waals surface area contributed by atoms with Crippen molar-refractivity contribution in [3.05, 3.63) is 163 Å². The molecule has 8 rings (SSSR count). The van der Waals surface area contributed by atoms with E-state index < -0.39 is 8.07 Å². The summed E-state index contributed by atoms with van der Waals surface area (Å²) in [4.78, 5) is 9.43. The molecule has 0 fully saturated rings. The van der Waals surface area contributed by atoms with Crippen LogP contribution in [-0.2, 0) is 25.5 Å². The number of rotatable bonds is 6. The van der Waals surface area contributed by atoms with E-state index in [1.807, 2.05) is 47.9 Å². The van der Waals surface area contributed by atoms with Crippen molar-refractivity contribution >= 4 is 44.8 Å². The summed E-state index contributed by atoms with van der Waals surface area (Å²) in [6.07, 6.45) is 4.00. The minimum Gasteiger partial charge on any atom is -0.305 e. The first-order chi connectivity index (χ1) is 25.9. The molecule has 0 atom stereocenters. The molecule has 0 saturated heterocycles. The van der Waals surface area contributed by atoms with Crippen LogP contribution in [0.1, 0.15) is 51.7 Å². The van der Waals surface area contributed by atoms with Crippen LogP contribution in [0.2, 0.25) is 19.6 Å². The molecule has 0 spiro atoms. The summed E-state index contributed by atoms with van der Waals surface area (Å²) in [5, 5.41) is 4.06. The molecule has 0 aliphatic carbocycles. The molecular weight excluding hydrogens is 881 g/mol. The fraction of sp³-hybridized carbons (Fsp3) is 0.200. The van der Waals surface area contributed by atoms with Gasteiger partial charge in [-0.25, -0.2) is 0 Å². The van der Waals surface area contributed by atoms with Crippen molar-refractivity contribution in [3.8, 4) is 44.8 Å². The number of fused-ring (bicyclic) bond motifs is 3. The van der Waals surface area contributed by atoms with Crippen LogP contribution in [0.5, 0.6) is 0 Å². The largest absolute Gasteiger partial charge is 0.305 e. The van der Waals surface area contributed by atoms with Gasteiger partial charge in [0.15, 0.2) is 0 Å². The molecule has 0 bridgehead atoms. The van der Waals surface area contributed by atoms with E-state index in [-0.39, 0.29) is 25.5 Å². The molecule has 0 aliphatic rings. The summed E-state index contributed by atoms with van der Waals surface area (Å²) >= 11 is 1.85. The first kappa shape index (κ1) is 40.2. The number of pyridine rings is 2. The quantitative estimate of drug-likeness (QED) is 0.123. The van der Waals surface area contributed by atoms with Gasteiger partial charge in [0.2, 0.25) is 0 Å². The molecule has 2 nitrogen and oxygen atoms in total. The van der Waals surface area contributed by atoms with Gasteiger partial charge in [0.05, 0.1) is 8.07 Å². The van der Waals surface area contributed by atoms with Gasteiger partial charge in [-0.1, -0.05) is 144 Å². The van der Waals surface area contributed by atoms with Crippen molar-refractivity contribution in [1.82, 2.24) is 9.97 Å². The molecule has 1 radical (unpaired) electrons. The summed E-state index contributed by atoms with van der Waals surface area (Å²) in [7, 11) is -1.34. The molecule has 0 saturated carbocycles. The molecule has 279 valence electrons. The Hall–Kier alpha value is -4.51. The third-order valence-electron chi connectivity index (χ3n) is 9.96. The van der Waals surface area contributed by atoms with Crippen LogP contribution in [0.4, 0.5) is 0 Å². The van der Waals surface area contributed by atoms with Crippen molar-refractivity contribution in [2.75, 3.05) is 0 Å². The SMILES string of the molecule is CC(C)(C)c1cc(-c2ccccc2)c2sc3c(-c4cc(-c5ccccc5)ccn4)[c-]ccc3c2c1.CC(C)c1cc(-c2[c-]cccc2)ncc1[Si](C)(C)C.[Ir].